The minimum absolute atomic E-state index is 0.0170. The fourth-order valence-corrected chi connectivity index (χ4v) is 1.67. The summed E-state index contributed by atoms with van der Waals surface area (Å²) in [7, 11) is 0. The lowest BCUT2D eigenvalue weighted by molar-refractivity contribution is -0.122. The molecule has 3 heteroatoms. The van der Waals surface area contributed by atoms with Crippen molar-refractivity contribution < 1.29 is 4.79 Å². The summed E-state index contributed by atoms with van der Waals surface area (Å²) in [5, 5.41) is 6.23. The normalized spacial score (nSPS) is 13.0. The number of hydrogen-bond donors (Lipinski definition) is 2. The molecule has 1 rings (SSSR count). The van der Waals surface area contributed by atoms with Gasteiger partial charge in [-0.05, 0) is 58.7 Å². The molecule has 1 unspecified atom stereocenters. The van der Waals surface area contributed by atoms with E-state index in [1.165, 1.54) is 5.56 Å². The Kier molecular flexibility index (Phi) is 4.38. The van der Waals surface area contributed by atoms with Crippen molar-refractivity contribution in [2.45, 2.75) is 53.1 Å². The lowest BCUT2D eigenvalue weighted by Crippen LogP contribution is -2.47. The summed E-state index contributed by atoms with van der Waals surface area (Å²) >= 11 is 0. The first-order chi connectivity index (χ1) is 8.19. The van der Waals surface area contributed by atoms with Gasteiger partial charge in [-0.2, -0.15) is 0 Å². The second kappa shape index (κ2) is 5.42. The van der Waals surface area contributed by atoms with Crippen LogP contribution >= 0.6 is 0 Å². The first-order valence-electron chi connectivity index (χ1n) is 6.35. The molecule has 0 aliphatic carbocycles. The Bertz CT molecular complexity index is 433. The molecule has 0 heterocycles. The summed E-state index contributed by atoms with van der Waals surface area (Å²) in [6.07, 6.45) is 0. The molecule has 100 valence electrons. The quantitative estimate of drug-likeness (QED) is 0.863. The lowest BCUT2D eigenvalue weighted by Gasteiger charge is -2.24. The molecule has 3 nitrogen and oxygen atoms in total. The van der Waals surface area contributed by atoms with E-state index in [1.54, 1.807) is 0 Å². The molecular weight excluding hydrogens is 224 g/mol. The van der Waals surface area contributed by atoms with Crippen LogP contribution in [-0.2, 0) is 4.79 Å². The number of benzene rings is 1. The molecule has 1 aromatic rings. The second-order valence-electron chi connectivity index (χ2n) is 5.92. The molecule has 0 radical (unpaired) electrons. The number of hydrogen-bond acceptors (Lipinski definition) is 2. The summed E-state index contributed by atoms with van der Waals surface area (Å²) < 4.78 is 0. The Morgan fingerprint density at radius 3 is 2.39 bits per heavy atom. The molecule has 0 aliphatic heterocycles. The topological polar surface area (TPSA) is 41.1 Å². The average molecular weight is 248 g/mol. The second-order valence-corrected chi connectivity index (χ2v) is 5.92. The summed E-state index contributed by atoms with van der Waals surface area (Å²) in [5.41, 5.74) is 3.16. The van der Waals surface area contributed by atoms with Crippen LogP contribution in [0.3, 0.4) is 0 Å². The van der Waals surface area contributed by atoms with Crippen LogP contribution in [0.5, 0.6) is 0 Å². The van der Waals surface area contributed by atoms with Crippen molar-refractivity contribution in [1.82, 2.24) is 5.32 Å². The van der Waals surface area contributed by atoms with Crippen LogP contribution in [0.4, 0.5) is 5.69 Å². The number of carbonyl (C=O) groups is 1. The number of nitrogens with one attached hydrogen (secondary N) is 2. The number of rotatable bonds is 3. The first kappa shape index (κ1) is 14.6. The van der Waals surface area contributed by atoms with E-state index in [0.29, 0.717) is 0 Å². The van der Waals surface area contributed by atoms with Gasteiger partial charge in [-0.25, -0.2) is 0 Å². The van der Waals surface area contributed by atoms with Crippen molar-refractivity contribution in [3.05, 3.63) is 29.3 Å². The van der Waals surface area contributed by atoms with E-state index in [-0.39, 0.29) is 17.5 Å². The molecule has 0 spiro atoms. The Labute approximate surface area is 110 Å². The predicted octanol–water partition coefficient (Wildman–Crippen LogP) is 3.02. The third-order valence-corrected chi connectivity index (χ3v) is 2.66. The highest BCUT2D eigenvalue weighted by Gasteiger charge is 2.19. The van der Waals surface area contributed by atoms with E-state index in [0.717, 1.165) is 11.3 Å². The highest BCUT2D eigenvalue weighted by molar-refractivity contribution is 5.85. The zero-order valence-corrected chi connectivity index (χ0v) is 12.2. The van der Waals surface area contributed by atoms with Crippen LogP contribution in [0.15, 0.2) is 18.2 Å². The monoisotopic (exact) mass is 248 g/mol. The van der Waals surface area contributed by atoms with Gasteiger partial charge in [0.05, 0.1) is 0 Å². The maximum atomic E-state index is 12.0. The Morgan fingerprint density at radius 1 is 1.22 bits per heavy atom. The van der Waals surface area contributed by atoms with Gasteiger partial charge in [0.25, 0.3) is 0 Å². The molecule has 0 aliphatic rings. The van der Waals surface area contributed by atoms with Gasteiger partial charge in [0, 0.05) is 11.2 Å². The molecule has 18 heavy (non-hydrogen) atoms. The first-order valence-corrected chi connectivity index (χ1v) is 6.35. The van der Waals surface area contributed by atoms with Crippen LogP contribution in [0.1, 0.15) is 38.8 Å². The molecule has 1 atom stereocenters. The van der Waals surface area contributed by atoms with Gasteiger partial charge in [-0.15, -0.1) is 0 Å². The molecular formula is C15H24N2O. The largest absolute Gasteiger partial charge is 0.374 e. The van der Waals surface area contributed by atoms with Crippen molar-refractivity contribution in [3.8, 4) is 0 Å². The van der Waals surface area contributed by atoms with E-state index in [1.807, 2.05) is 41.5 Å². The van der Waals surface area contributed by atoms with Gasteiger partial charge >= 0.3 is 0 Å². The molecule has 0 aromatic heterocycles. The van der Waals surface area contributed by atoms with Crippen molar-refractivity contribution >= 4 is 11.6 Å². The minimum atomic E-state index is -0.246. The van der Waals surface area contributed by atoms with Crippen LogP contribution in [-0.4, -0.2) is 17.5 Å². The lowest BCUT2D eigenvalue weighted by atomic mass is 10.1. The van der Waals surface area contributed by atoms with Gasteiger partial charge in [0.15, 0.2) is 0 Å². The summed E-state index contributed by atoms with van der Waals surface area (Å²) in [6.45, 7) is 11.9. The van der Waals surface area contributed by atoms with E-state index >= 15 is 0 Å². The number of aryl methyl sites for hydroxylation is 2. The number of amides is 1. The molecule has 1 amide bonds. The molecule has 2 N–H and O–H groups in total. The van der Waals surface area contributed by atoms with Crippen LogP contribution in [0.25, 0.3) is 0 Å². The number of carbonyl (C=O) groups excluding carboxylic acids is 1. The van der Waals surface area contributed by atoms with Crippen molar-refractivity contribution in [3.63, 3.8) is 0 Å². The van der Waals surface area contributed by atoms with Gasteiger partial charge < -0.3 is 10.6 Å². The van der Waals surface area contributed by atoms with Crippen LogP contribution < -0.4 is 10.6 Å². The van der Waals surface area contributed by atoms with Gasteiger partial charge in [-0.3, -0.25) is 4.79 Å². The molecule has 0 fully saturated rings. The maximum Gasteiger partial charge on any atom is 0.242 e. The summed E-state index contributed by atoms with van der Waals surface area (Å²) in [5.74, 6) is 0.0170. The third-order valence-electron chi connectivity index (χ3n) is 2.66. The smallest absolute Gasteiger partial charge is 0.242 e. The highest BCUT2D eigenvalue weighted by Crippen LogP contribution is 2.17. The Hall–Kier alpha value is -1.51. The van der Waals surface area contributed by atoms with E-state index in [9.17, 15) is 4.79 Å². The SMILES string of the molecule is Cc1ccc(C)c(NC(C)C(=O)NC(C)(C)C)c1. The fraction of sp³-hybridized carbons (Fsp3) is 0.533. The molecule has 0 saturated heterocycles. The van der Waals surface area contributed by atoms with Crippen molar-refractivity contribution in [2.75, 3.05) is 5.32 Å². The standard InChI is InChI=1S/C15H24N2O/c1-10-7-8-11(2)13(9-10)16-12(3)14(18)17-15(4,5)6/h7-9,12,16H,1-6H3,(H,17,18). The molecule has 0 saturated carbocycles. The fourth-order valence-electron chi connectivity index (χ4n) is 1.67. The molecule has 0 bridgehead atoms. The van der Waals surface area contributed by atoms with Gasteiger partial charge in [0.2, 0.25) is 5.91 Å². The Morgan fingerprint density at radius 2 is 1.83 bits per heavy atom. The molecule has 1 aromatic carbocycles. The van der Waals surface area contributed by atoms with Gasteiger partial charge in [0.1, 0.15) is 6.04 Å². The van der Waals surface area contributed by atoms with Crippen LogP contribution in [0.2, 0.25) is 0 Å². The van der Waals surface area contributed by atoms with E-state index in [2.05, 4.69) is 28.8 Å². The third kappa shape index (κ3) is 4.40. The number of anilines is 1. The highest BCUT2D eigenvalue weighted by atomic mass is 16.2. The zero-order valence-electron chi connectivity index (χ0n) is 12.2. The predicted molar refractivity (Wildman–Crippen MR) is 76.9 cm³/mol. The van der Waals surface area contributed by atoms with Crippen molar-refractivity contribution in [1.29, 1.82) is 0 Å². The van der Waals surface area contributed by atoms with E-state index < -0.39 is 0 Å². The van der Waals surface area contributed by atoms with E-state index in [4.69, 9.17) is 0 Å². The minimum Gasteiger partial charge on any atom is -0.374 e. The Balaban J connectivity index is 2.72. The van der Waals surface area contributed by atoms with Gasteiger partial charge in [-0.1, -0.05) is 12.1 Å². The summed E-state index contributed by atoms with van der Waals surface area (Å²) in [6, 6.07) is 5.95. The zero-order chi connectivity index (χ0) is 13.9. The average Bonchev–Trinajstić information content (AvgIpc) is 2.21. The maximum absolute atomic E-state index is 12.0. The van der Waals surface area contributed by atoms with Crippen molar-refractivity contribution in [2.24, 2.45) is 0 Å². The summed E-state index contributed by atoms with van der Waals surface area (Å²) in [4.78, 5) is 12.0. The van der Waals surface area contributed by atoms with Crippen LogP contribution in [0, 0.1) is 13.8 Å².